The maximum atomic E-state index is 10.9. The lowest BCUT2D eigenvalue weighted by Gasteiger charge is -2.32. The summed E-state index contributed by atoms with van der Waals surface area (Å²) in [6, 6.07) is -0.278. The van der Waals surface area contributed by atoms with Crippen molar-refractivity contribution < 1.29 is 9.63 Å². The van der Waals surface area contributed by atoms with E-state index in [2.05, 4.69) is 0 Å². The van der Waals surface area contributed by atoms with Crippen molar-refractivity contribution in [3.05, 3.63) is 0 Å². The fourth-order valence-corrected chi connectivity index (χ4v) is 1.49. The first-order chi connectivity index (χ1) is 6.65. The molecule has 1 aliphatic rings. The molecule has 0 aromatic heterocycles. The SMILES string of the molecule is N=C(N)C1CCCCN1OC(=O)CN. The topological polar surface area (TPSA) is 105 Å². The molecule has 1 atom stereocenters. The highest BCUT2D eigenvalue weighted by Gasteiger charge is 2.27. The minimum Gasteiger partial charge on any atom is -0.386 e. The van der Waals surface area contributed by atoms with Crippen LogP contribution in [0.15, 0.2) is 0 Å². The fraction of sp³-hybridized carbons (Fsp3) is 0.750. The number of amidine groups is 1. The Kier molecular flexibility index (Phi) is 3.84. The molecular weight excluding hydrogens is 184 g/mol. The first kappa shape index (κ1) is 10.9. The van der Waals surface area contributed by atoms with Crippen LogP contribution < -0.4 is 11.5 Å². The second-order valence-electron chi connectivity index (χ2n) is 3.28. The third-order valence-electron chi connectivity index (χ3n) is 2.20. The Bertz CT molecular complexity index is 231. The van der Waals surface area contributed by atoms with Gasteiger partial charge in [-0.2, -0.15) is 0 Å². The third kappa shape index (κ3) is 2.68. The van der Waals surface area contributed by atoms with E-state index in [1.807, 2.05) is 0 Å². The molecule has 0 amide bonds. The molecule has 0 aromatic rings. The second-order valence-corrected chi connectivity index (χ2v) is 3.28. The summed E-state index contributed by atoms with van der Waals surface area (Å²) in [7, 11) is 0. The Morgan fingerprint density at radius 2 is 2.29 bits per heavy atom. The van der Waals surface area contributed by atoms with E-state index >= 15 is 0 Å². The van der Waals surface area contributed by atoms with Crippen LogP contribution in [-0.2, 0) is 9.63 Å². The van der Waals surface area contributed by atoms with E-state index in [0.29, 0.717) is 6.54 Å². The number of hydrogen-bond donors (Lipinski definition) is 3. The highest BCUT2D eigenvalue weighted by Crippen LogP contribution is 2.16. The van der Waals surface area contributed by atoms with Crippen molar-refractivity contribution in [1.82, 2.24) is 5.06 Å². The number of rotatable bonds is 3. The summed E-state index contributed by atoms with van der Waals surface area (Å²) in [6.07, 6.45) is 2.70. The Labute approximate surface area is 82.6 Å². The molecular formula is C8H16N4O2. The summed E-state index contributed by atoms with van der Waals surface area (Å²) < 4.78 is 0. The molecule has 0 aromatic carbocycles. The van der Waals surface area contributed by atoms with E-state index in [1.165, 1.54) is 5.06 Å². The number of hydrogen-bond acceptors (Lipinski definition) is 5. The van der Waals surface area contributed by atoms with E-state index in [4.69, 9.17) is 21.7 Å². The van der Waals surface area contributed by atoms with Gasteiger partial charge in [-0.05, 0) is 19.3 Å². The van der Waals surface area contributed by atoms with Gasteiger partial charge in [0.25, 0.3) is 0 Å². The van der Waals surface area contributed by atoms with Gasteiger partial charge in [0, 0.05) is 6.54 Å². The van der Waals surface area contributed by atoms with Crippen molar-refractivity contribution in [2.45, 2.75) is 25.3 Å². The second kappa shape index (κ2) is 4.92. The van der Waals surface area contributed by atoms with Gasteiger partial charge in [-0.3, -0.25) is 5.41 Å². The Morgan fingerprint density at radius 3 is 2.86 bits per heavy atom. The van der Waals surface area contributed by atoms with Gasteiger partial charge in [0.05, 0.1) is 6.54 Å². The molecule has 1 saturated heterocycles. The standard InChI is InChI=1S/C8H16N4O2/c9-5-7(13)14-12-4-2-1-3-6(12)8(10)11/h6H,1-5,9H2,(H3,10,11). The predicted molar refractivity (Wildman–Crippen MR) is 51.4 cm³/mol. The van der Waals surface area contributed by atoms with E-state index < -0.39 is 5.97 Å². The molecule has 0 radical (unpaired) electrons. The number of hydroxylamine groups is 2. The molecule has 1 rings (SSSR count). The lowest BCUT2D eigenvalue weighted by atomic mass is 10.0. The van der Waals surface area contributed by atoms with Crippen molar-refractivity contribution in [2.24, 2.45) is 11.5 Å². The first-order valence-electron chi connectivity index (χ1n) is 4.66. The quantitative estimate of drug-likeness (QED) is 0.408. The van der Waals surface area contributed by atoms with E-state index in [-0.39, 0.29) is 18.4 Å². The van der Waals surface area contributed by atoms with Crippen molar-refractivity contribution in [1.29, 1.82) is 5.41 Å². The van der Waals surface area contributed by atoms with Crippen LogP contribution in [0.1, 0.15) is 19.3 Å². The molecule has 6 heteroatoms. The minimum absolute atomic E-state index is 0.0366. The van der Waals surface area contributed by atoms with Crippen molar-refractivity contribution in [2.75, 3.05) is 13.1 Å². The van der Waals surface area contributed by atoms with Gasteiger partial charge in [0.2, 0.25) is 0 Å². The number of nitrogens with two attached hydrogens (primary N) is 2. The first-order valence-corrected chi connectivity index (χ1v) is 4.66. The third-order valence-corrected chi connectivity index (χ3v) is 2.20. The van der Waals surface area contributed by atoms with E-state index in [9.17, 15) is 4.79 Å². The van der Waals surface area contributed by atoms with Crippen molar-refractivity contribution in [3.8, 4) is 0 Å². The number of nitrogens with zero attached hydrogens (tertiary/aromatic N) is 1. The molecule has 0 bridgehead atoms. The van der Waals surface area contributed by atoms with Crippen LogP contribution in [0.25, 0.3) is 0 Å². The van der Waals surface area contributed by atoms with Gasteiger partial charge >= 0.3 is 5.97 Å². The minimum atomic E-state index is -0.488. The van der Waals surface area contributed by atoms with Crippen LogP contribution in [0.4, 0.5) is 0 Å². The van der Waals surface area contributed by atoms with Crippen LogP contribution in [0, 0.1) is 5.41 Å². The smallest absolute Gasteiger partial charge is 0.338 e. The van der Waals surface area contributed by atoms with Crippen LogP contribution in [0.3, 0.4) is 0 Å². The summed E-state index contributed by atoms with van der Waals surface area (Å²) in [5, 5.41) is 8.79. The molecule has 0 spiro atoms. The van der Waals surface area contributed by atoms with E-state index in [0.717, 1.165) is 19.3 Å². The van der Waals surface area contributed by atoms with Crippen molar-refractivity contribution in [3.63, 3.8) is 0 Å². The van der Waals surface area contributed by atoms with E-state index in [1.54, 1.807) is 0 Å². The van der Waals surface area contributed by atoms with Gasteiger partial charge < -0.3 is 16.3 Å². The molecule has 0 aliphatic carbocycles. The molecule has 80 valence electrons. The maximum Gasteiger partial charge on any atom is 0.338 e. The largest absolute Gasteiger partial charge is 0.386 e. The average molecular weight is 200 g/mol. The number of carbonyl (C=O) groups excluding carboxylic acids is 1. The Morgan fingerprint density at radius 1 is 1.57 bits per heavy atom. The summed E-state index contributed by atoms with van der Waals surface area (Å²) >= 11 is 0. The van der Waals surface area contributed by atoms with Gasteiger partial charge in [-0.1, -0.05) is 0 Å². The molecule has 1 aliphatic heterocycles. The zero-order valence-corrected chi connectivity index (χ0v) is 8.03. The zero-order valence-electron chi connectivity index (χ0n) is 8.03. The predicted octanol–water partition coefficient (Wildman–Crippen LogP) is -0.806. The number of nitrogens with one attached hydrogen (secondary N) is 1. The lowest BCUT2D eigenvalue weighted by Crippen LogP contribution is -2.48. The number of carbonyl (C=O) groups is 1. The van der Waals surface area contributed by atoms with Crippen LogP contribution in [-0.4, -0.2) is 36.0 Å². The average Bonchev–Trinajstić information content (AvgIpc) is 2.18. The zero-order chi connectivity index (χ0) is 10.6. The van der Waals surface area contributed by atoms with Crippen LogP contribution in [0.5, 0.6) is 0 Å². The van der Waals surface area contributed by atoms with Crippen LogP contribution in [0.2, 0.25) is 0 Å². The Hall–Kier alpha value is -1.14. The molecule has 0 saturated carbocycles. The summed E-state index contributed by atoms with van der Waals surface area (Å²) in [5.74, 6) is -0.451. The maximum absolute atomic E-state index is 10.9. The van der Waals surface area contributed by atoms with Gasteiger partial charge in [0.15, 0.2) is 0 Å². The molecule has 5 N–H and O–H groups in total. The monoisotopic (exact) mass is 200 g/mol. The summed E-state index contributed by atoms with van der Waals surface area (Å²) in [5.41, 5.74) is 10.5. The molecule has 1 unspecified atom stereocenters. The van der Waals surface area contributed by atoms with Crippen molar-refractivity contribution >= 4 is 11.8 Å². The summed E-state index contributed by atoms with van der Waals surface area (Å²) in [4.78, 5) is 15.9. The highest BCUT2D eigenvalue weighted by molar-refractivity contribution is 5.83. The van der Waals surface area contributed by atoms with Gasteiger partial charge in [-0.25, -0.2) is 4.79 Å². The Balaban J connectivity index is 2.54. The van der Waals surface area contributed by atoms with Gasteiger partial charge in [0.1, 0.15) is 11.9 Å². The normalized spacial score (nSPS) is 23.1. The molecule has 6 nitrogen and oxygen atoms in total. The highest BCUT2D eigenvalue weighted by atomic mass is 16.7. The molecule has 14 heavy (non-hydrogen) atoms. The van der Waals surface area contributed by atoms with Crippen LogP contribution >= 0.6 is 0 Å². The molecule has 1 fully saturated rings. The summed E-state index contributed by atoms with van der Waals surface area (Å²) in [6.45, 7) is 0.469. The fourth-order valence-electron chi connectivity index (χ4n) is 1.49. The number of piperidine rings is 1. The lowest BCUT2D eigenvalue weighted by molar-refractivity contribution is -0.199. The molecule has 1 heterocycles. The van der Waals surface area contributed by atoms with Gasteiger partial charge in [-0.15, -0.1) is 5.06 Å².